The Hall–Kier alpha value is -4.91. The van der Waals surface area contributed by atoms with E-state index < -0.39 is 34.2 Å². The van der Waals surface area contributed by atoms with Gasteiger partial charge in [0.25, 0.3) is 5.69 Å². The van der Waals surface area contributed by atoms with Crippen LogP contribution in [0.15, 0.2) is 78.5 Å². The minimum absolute atomic E-state index is 0. The third kappa shape index (κ3) is 8.62. The molecule has 0 aliphatic carbocycles. The molecule has 0 spiro atoms. The number of halogens is 1. The van der Waals surface area contributed by atoms with E-state index in [2.05, 4.69) is 10.3 Å². The molecular weight excluding hydrogens is 620 g/mol. The number of hydrogen-bond acceptors (Lipinski definition) is 11. The van der Waals surface area contributed by atoms with E-state index in [1.807, 2.05) is 10.8 Å². The summed E-state index contributed by atoms with van der Waals surface area (Å²) >= 11 is 0. The maximum atomic E-state index is 13.6. The Kier molecular flexibility index (Phi) is 12.7. The Morgan fingerprint density at radius 2 is 1.80 bits per heavy atom. The number of aromatic nitrogens is 2. The zero-order valence-corrected chi connectivity index (χ0v) is 26.6. The molecule has 0 saturated heterocycles. The van der Waals surface area contributed by atoms with Crippen molar-refractivity contribution in [1.82, 2.24) is 14.9 Å². The highest BCUT2D eigenvalue weighted by molar-refractivity contribution is 5.94. The maximum absolute atomic E-state index is 13.6. The molecule has 2 aromatic carbocycles. The van der Waals surface area contributed by atoms with Crippen molar-refractivity contribution in [2.24, 2.45) is 5.41 Å². The average Bonchev–Trinajstić information content (AvgIpc) is 3.55. The molecule has 0 radical (unpaired) electrons. The Bertz CT molecular complexity index is 1540. The van der Waals surface area contributed by atoms with Gasteiger partial charge in [0.1, 0.15) is 12.4 Å². The van der Waals surface area contributed by atoms with Crippen LogP contribution in [0, 0.1) is 15.5 Å². The lowest BCUT2D eigenvalue weighted by molar-refractivity contribution is -0.384. The van der Waals surface area contributed by atoms with Crippen LogP contribution in [0.4, 0.5) is 5.69 Å². The second-order valence-electron chi connectivity index (χ2n) is 10.6. The van der Waals surface area contributed by atoms with Crippen LogP contribution in [-0.4, -0.2) is 65.4 Å². The highest BCUT2D eigenvalue weighted by Gasteiger charge is 2.50. The number of carbonyl (C=O) groups is 3. The summed E-state index contributed by atoms with van der Waals surface area (Å²) < 4.78 is 23.8. The van der Waals surface area contributed by atoms with Gasteiger partial charge in [-0.25, -0.2) is 14.6 Å². The molecule has 246 valence electrons. The van der Waals surface area contributed by atoms with E-state index >= 15 is 0 Å². The maximum Gasteiger partial charge on any atom is 0.338 e. The molecule has 0 bridgehead atoms. The molecule has 0 fully saturated rings. The molecule has 1 aromatic heterocycles. The number of carbonyl (C=O) groups excluding carboxylic acids is 3. The summed E-state index contributed by atoms with van der Waals surface area (Å²) in [6.07, 6.45) is 5.47. The van der Waals surface area contributed by atoms with Crippen LogP contribution in [0.2, 0.25) is 0 Å². The van der Waals surface area contributed by atoms with E-state index in [1.54, 1.807) is 63.6 Å². The lowest BCUT2D eigenvalue weighted by Crippen LogP contribution is -2.50. The molecule has 46 heavy (non-hydrogen) atoms. The Balaban J connectivity index is 0.00000576. The fourth-order valence-corrected chi connectivity index (χ4v) is 5.08. The summed E-state index contributed by atoms with van der Waals surface area (Å²) in [6, 6.07) is 12.4. The second-order valence-corrected chi connectivity index (χ2v) is 10.6. The van der Waals surface area contributed by atoms with Gasteiger partial charge in [0.15, 0.2) is 0 Å². The number of esters is 3. The van der Waals surface area contributed by atoms with Crippen molar-refractivity contribution in [3.05, 3.63) is 99.8 Å². The number of ether oxygens (including phenoxy) is 4. The van der Waals surface area contributed by atoms with Crippen LogP contribution >= 0.6 is 12.4 Å². The third-order valence-corrected chi connectivity index (χ3v) is 7.45. The number of rotatable bonds is 14. The standard InChI is InChI=1S/C32H36N4O9.ClH/c1-4-42-30(38)27-22(2)34-20-32(3,28(27)24-7-5-8-25(19-24)36(40)41)31(39)45-17-6-16-44-29(37)23-9-11-26(12-10-23)43-18-15-35-14-13-33-21-35;/h5,7-14,19,21,28,34H,4,6,15-18,20H2,1-3H3;1H. The van der Waals surface area contributed by atoms with Gasteiger partial charge in [0.2, 0.25) is 0 Å². The summed E-state index contributed by atoms with van der Waals surface area (Å²) in [5.41, 5.74) is -0.00452. The van der Waals surface area contributed by atoms with Crippen molar-refractivity contribution in [2.45, 2.75) is 39.7 Å². The number of imidazole rings is 1. The number of nitrogens with zero attached hydrogens (tertiary/aromatic N) is 3. The lowest BCUT2D eigenvalue weighted by atomic mass is 9.67. The number of nitrogens with one attached hydrogen (secondary N) is 1. The first kappa shape index (κ1) is 35.6. The van der Waals surface area contributed by atoms with E-state index in [-0.39, 0.29) is 56.5 Å². The molecule has 3 aromatic rings. The van der Waals surface area contributed by atoms with Crippen LogP contribution in [-0.2, 0) is 30.3 Å². The summed E-state index contributed by atoms with van der Waals surface area (Å²) in [5, 5.41) is 14.6. The first-order valence-electron chi connectivity index (χ1n) is 14.5. The van der Waals surface area contributed by atoms with E-state index in [0.717, 1.165) is 0 Å². The third-order valence-electron chi connectivity index (χ3n) is 7.45. The summed E-state index contributed by atoms with van der Waals surface area (Å²) in [4.78, 5) is 54.0. The number of nitro groups is 1. The van der Waals surface area contributed by atoms with Crippen molar-refractivity contribution in [1.29, 1.82) is 0 Å². The normalized spacial score (nSPS) is 17.2. The first-order chi connectivity index (χ1) is 21.6. The van der Waals surface area contributed by atoms with Gasteiger partial charge in [0, 0.05) is 49.1 Å². The predicted molar refractivity (Wildman–Crippen MR) is 169 cm³/mol. The molecule has 1 aliphatic heterocycles. The van der Waals surface area contributed by atoms with E-state index in [9.17, 15) is 24.5 Å². The topological polar surface area (TPSA) is 161 Å². The van der Waals surface area contributed by atoms with Gasteiger partial charge in [-0.1, -0.05) is 12.1 Å². The Labute approximate surface area is 272 Å². The van der Waals surface area contributed by atoms with Gasteiger partial charge in [0.05, 0.1) is 54.2 Å². The molecule has 14 heteroatoms. The molecule has 1 N–H and O–H groups in total. The second kappa shape index (κ2) is 16.4. The quantitative estimate of drug-likeness (QED) is 0.0848. The van der Waals surface area contributed by atoms with Gasteiger partial charge in [-0.15, -0.1) is 12.4 Å². The number of non-ortho nitro benzene ring substituents is 1. The minimum atomic E-state index is -1.31. The predicted octanol–water partition coefficient (Wildman–Crippen LogP) is 4.61. The molecule has 0 saturated carbocycles. The number of benzene rings is 2. The van der Waals surface area contributed by atoms with Gasteiger partial charge in [-0.05, 0) is 50.6 Å². The summed E-state index contributed by atoms with van der Waals surface area (Å²) in [7, 11) is 0. The van der Waals surface area contributed by atoms with Crippen molar-refractivity contribution in [3.63, 3.8) is 0 Å². The van der Waals surface area contributed by atoms with Crippen LogP contribution in [0.1, 0.15) is 49.0 Å². The van der Waals surface area contributed by atoms with Crippen LogP contribution in [0.25, 0.3) is 0 Å². The van der Waals surface area contributed by atoms with Gasteiger partial charge in [-0.3, -0.25) is 14.9 Å². The van der Waals surface area contributed by atoms with Crippen LogP contribution < -0.4 is 10.1 Å². The molecule has 13 nitrogen and oxygen atoms in total. The van der Waals surface area contributed by atoms with Crippen molar-refractivity contribution in [2.75, 3.05) is 33.0 Å². The SMILES string of the molecule is CCOC(=O)C1=C(C)NCC(C)(C(=O)OCCCOC(=O)c2ccc(OCCn3ccnc3)cc2)C1c1cccc([N+](=O)[O-])c1.Cl. The van der Waals surface area contributed by atoms with Gasteiger partial charge < -0.3 is 28.8 Å². The van der Waals surface area contributed by atoms with E-state index in [0.29, 0.717) is 35.7 Å². The fraction of sp³-hybridized carbons (Fsp3) is 0.375. The van der Waals surface area contributed by atoms with E-state index in [4.69, 9.17) is 18.9 Å². The van der Waals surface area contributed by atoms with Gasteiger partial charge in [-0.2, -0.15) is 0 Å². The zero-order chi connectivity index (χ0) is 32.4. The summed E-state index contributed by atoms with van der Waals surface area (Å²) in [6.45, 7) is 6.27. The van der Waals surface area contributed by atoms with Crippen molar-refractivity contribution in [3.8, 4) is 5.75 Å². The Morgan fingerprint density at radius 3 is 2.48 bits per heavy atom. The molecule has 2 atom stereocenters. The molecular formula is C32H37ClN4O9. The number of hydrogen-bond donors (Lipinski definition) is 1. The first-order valence-corrected chi connectivity index (χ1v) is 14.5. The lowest BCUT2D eigenvalue weighted by Gasteiger charge is -2.41. The monoisotopic (exact) mass is 656 g/mol. The van der Waals surface area contributed by atoms with Crippen LogP contribution in [0.5, 0.6) is 5.75 Å². The smallest absolute Gasteiger partial charge is 0.338 e. The summed E-state index contributed by atoms with van der Waals surface area (Å²) in [5.74, 6) is -2.03. The molecule has 1 aliphatic rings. The largest absolute Gasteiger partial charge is 0.492 e. The average molecular weight is 657 g/mol. The minimum Gasteiger partial charge on any atom is -0.492 e. The van der Waals surface area contributed by atoms with Crippen LogP contribution in [0.3, 0.4) is 0 Å². The highest BCUT2D eigenvalue weighted by Crippen LogP contribution is 2.46. The van der Waals surface area contributed by atoms with E-state index in [1.165, 1.54) is 18.2 Å². The Morgan fingerprint density at radius 1 is 1.07 bits per heavy atom. The van der Waals surface area contributed by atoms with Crippen molar-refractivity contribution >= 4 is 36.0 Å². The molecule has 0 amide bonds. The van der Waals surface area contributed by atoms with Crippen molar-refractivity contribution < 1.29 is 38.3 Å². The zero-order valence-electron chi connectivity index (χ0n) is 25.8. The van der Waals surface area contributed by atoms with Gasteiger partial charge >= 0.3 is 17.9 Å². The highest BCUT2D eigenvalue weighted by atomic mass is 35.5. The fourth-order valence-electron chi connectivity index (χ4n) is 5.08. The molecule has 2 unspecified atom stereocenters. The molecule has 4 rings (SSSR count). The molecule has 2 heterocycles. The number of allylic oxidation sites excluding steroid dienone is 1. The number of nitro benzene ring substituents is 1.